The van der Waals surface area contributed by atoms with E-state index < -0.39 is 5.97 Å². The topological polar surface area (TPSA) is 54.7 Å². The number of hydrogen-bond donors (Lipinski definition) is 1. The Kier molecular flexibility index (Phi) is 7.32. The summed E-state index contributed by atoms with van der Waals surface area (Å²) in [4.78, 5) is 14.0. The van der Waals surface area contributed by atoms with Crippen molar-refractivity contribution in [2.75, 3.05) is 26.2 Å². The van der Waals surface area contributed by atoms with E-state index in [-0.39, 0.29) is 24.2 Å². The van der Waals surface area contributed by atoms with Crippen LogP contribution in [0.15, 0.2) is 40.8 Å². The summed E-state index contributed by atoms with van der Waals surface area (Å²) in [5.74, 6) is 0.569. The molecule has 1 aromatic heterocycles. The number of carbonyl (C=O) groups excluding carboxylic acids is 1. The predicted octanol–water partition coefficient (Wildman–Crippen LogP) is 3.68. The van der Waals surface area contributed by atoms with E-state index >= 15 is 0 Å². The lowest BCUT2D eigenvalue weighted by molar-refractivity contribution is 0.0484. The van der Waals surface area contributed by atoms with Crippen molar-refractivity contribution in [1.29, 1.82) is 0 Å². The van der Waals surface area contributed by atoms with Crippen molar-refractivity contribution >= 4 is 30.0 Å². The highest BCUT2D eigenvalue weighted by atomic mass is 35.5. The number of nitrogens with zero attached hydrogens (tertiary/aromatic N) is 1. The molecule has 1 unspecified atom stereocenters. The number of ether oxygens (including phenoxy) is 1. The molecule has 25 heavy (non-hydrogen) atoms. The standard InChI is InChI=1S/C18H21ClN2O3.ClH/c1-2-23-18(22)17-8-7-13(24-17)12-21-10-9-20-11-16(21)14-5-3-4-6-15(14)19;/h3-8,16,20H,2,9-12H2,1H3;1H. The number of esters is 1. The molecule has 1 aliphatic rings. The fraction of sp³-hybridized carbons (Fsp3) is 0.389. The first-order chi connectivity index (χ1) is 11.7. The van der Waals surface area contributed by atoms with Crippen LogP contribution in [0.1, 0.15) is 34.8 Å². The summed E-state index contributed by atoms with van der Waals surface area (Å²) < 4.78 is 10.6. The summed E-state index contributed by atoms with van der Waals surface area (Å²) >= 11 is 6.37. The zero-order valence-electron chi connectivity index (χ0n) is 14.0. The highest BCUT2D eigenvalue weighted by Gasteiger charge is 2.26. The summed E-state index contributed by atoms with van der Waals surface area (Å²) in [6, 6.07) is 11.6. The monoisotopic (exact) mass is 384 g/mol. The van der Waals surface area contributed by atoms with Crippen LogP contribution in [0.2, 0.25) is 5.02 Å². The van der Waals surface area contributed by atoms with Gasteiger partial charge in [-0.15, -0.1) is 12.4 Å². The molecule has 1 atom stereocenters. The Morgan fingerprint density at radius 2 is 2.16 bits per heavy atom. The molecule has 5 nitrogen and oxygen atoms in total. The lowest BCUT2D eigenvalue weighted by Gasteiger charge is -2.36. The van der Waals surface area contributed by atoms with Crippen LogP contribution in [-0.4, -0.2) is 37.1 Å². The van der Waals surface area contributed by atoms with Crippen LogP contribution in [0.25, 0.3) is 0 Å². The summed E-state index contributed by atoms with van der Waals surface area (Å²) in [6.45, 7) is 5.35. The Morgan fingerprint density at radius 3 is 2.92 bits per heavy atom. The van der Waals surface area contributed by atoms with Crippen LogP contribution in [0.4, 0.5) is 0 Å². The molecule has 0 saturated carbocycles. The first-order valence-corrected chi connectivity index (χ1v) is 8.52. The van der Waals surface area contributed by atoms with E-state index in [1.54, 1.807) is 13.0 Å². The van der Waals surface area contributed by atoms with Gasteiger partial charge < -0.3 is 14.5 Å². The highest BCUT2D eigenvalue weighted by molar-refractivity contribution is 6.31. The minimum absolute atomic E-state index is 0. The first kappa shape index (κ1) is 19.8. The zero-order valence-corrected chi connectivity index (χ0v) is 15.6. The van der Waals surface area contributed by atoms with E-state index in [1.807, 2.05) is 24.3 Å². The molecular formula is C18H22Cl2N2O3. The Hall–Kier alpha value is -1.53. The van der Waals surface area contributed by atoms with Crippen LogP contribution in [-0.2, 0) is 11.3 Å². The lowest BCUT2D eigenvalue weighted by atomic mass is 10.0. The largest absolute Gasteiger partial charge is 0.460 e. The van der Waals surface area contributed by atoms with E-state index in [1.165, 1.54) is 0 Å². The molecule has 1 aliphatic heterocycles. The van der Waals surface area contributed by atoms with Gasteiger partial charge in [0.15, 0.2) is 0 Å². The van der Waals surface area contributed by atoms with Gasteiger partial charge in [-0.1, -0.05) is 29.8 Å². The lowest BCUT2D eigenvalue weighted by Crippen LogP contribution is -2.45. The minimum Gasteiger partial charge on any atom is -0.460 e. The molecule has 7 heteroatoms. The Labute approximate surface area is 158 Å². The maximum Gasteiger partial charge on any atom is 0.374 e. The van der Waals surface area contributed by atoms with E-state index in [0.717, 1.165) is 36.0 Å². The zero-order chi connectivity index (χ0) is 16.9. The molecule has 0 spiro atoms. The molecule has 0 aliphatic carbocycles. The van der Waals surface area contributed by atoms with Crippen molar-refractivity contribution < 1.29 is 13.9 Å². The SMILES string of the molecule is CCOC(=O)c1ccc(CN2CCNCC2c2ccccc2Cl)o1.Cl. The Bertz CT molecular complexity index is 705. The van der Waals surface area contributed by atoms with Gasteiger partial charge in [0.05, 0.1) is 13.2 Å². The van der Waals surface area contributed by atoms with Crippen molar-refractivity contribution in [1.82, 2.24) is 10.2 Å². The van der Waals surface area contributed by atoms with Gasteiger partial charge in [0.1, 0.15) is 5.76 Å². The molecule has 2 heterocycles. The third kappa shape index (κ3) is 4.76. The number of rotatable bonds is 5. The molecule has 0 bridgehead atoms. The molecule has 3 rings (SSSR count). The number of halogens is 2. The number of carbonyl (C=O) groups is 1. The average Bonchev–Trinajstić information content (AvgIpc) is 3.05. The number of hydrogen-bond acceptors (Lipinski definition) is 5. The van der Waals surface area contributed by atoms with E-state index in [0.29, 0.717) is 13.2 Å². The third-order valence-corrected chi connectivity index (χ3v) is 4.46. The van der Waals surface area contributed by atoms with Gasteiger partial charge in [-0.2, -0.15) is 0 Å². The van der Waals surface area contributed by atoms with Gasteiger partial charge in [-0.05, 0) is 30.7 Å². The van der Waals surface area contributed by atoms with Crippen molar-refractivity contribution in [2.45, 2.75) is 19.5 Å². The molecule has 1 N–H and O–H groups in total. The summed E-state index contributed by atoms with van der Waals surface area (Å²) in [5, 5.41) is 4.18. The minimum atomic E-state index is -0.424. The van der Waals surface area contributed by atoms with Crippen molar-refractivity contribution in [3.8, 4) is 0 Å². The Morgan fingerprint density at radius 1 is 1.36 bits per heavy atom. The maximum absolute atomic E-state index is 11.7. The fourth-order valence-electron chi connectivity index (χ4n) is 2.96. The molecule has 1 fully saturated rings. The highest BCUT2D eigenvalue weighted by Crippen LogP contribution is 2.29. The van der Waals surface area contributed by atoms with E-state index in [2.05, 4.69) is 16.3 Å². The van der Waals surface area contributed by atoms with Crippen LogP contribution in [0, 0.1) is 0 Å². The Balaban J connectivity index is 0.00000225. The van der Waals surface area contributed by atoms with Gasteiger partial charge in [-0.3, -0.25) is 4.90 Å². The first-order valence-electron chi connectivity index (χ1n) is 8.14. The molecule has 0 radical (unpaired) electrons. The second kappa shape index (κ2) is 9.25. The van der Waals surface area contributed by atoms with Crippen molar-refractivity contribution in [3.05, 3.63) is 58.5 Å². The number of piperazine rings is 1. The molecule has 136 valence electrons. The van der Waals surface area contributed by atoms with E-state index in [9.17, 15) is 4.79 Å². The second-order valence-electron chi connectivity index (χ2n) is 5.70. The molecule has 0 amide bonds. The molecule has 1 aromatic carbocycles. The van der Waals surface area contributed by atoms with Gasteiger partial charge in [0.2, 0.25) is 5.76 Å². The van der Waals surface area contributed by atoms with E-state index in [4.69, 9.17) is 20.8 Å². The van der Waals surface area contributed by atoms with Gasteiger partial charge >= 0.3 is 5.97 Å². The van der Waals surface area contributed by atoms with Gasteiger partial charge in [-0.25, -0.2) is 4.79 Å². The summed E-state index contributed by atoms with van der Waals surface area (Å²) in [7, 11) is 0. The average molecular weight is 385 g/mol. The van der Waals surface area contributed by atoms with Crippen LogP contribution in [0.5, 0.6) is 0 Å². The molecule has 2 aromatic rings. The van der Waals surface area contributed by atoms with Crippen molar-refractivity contribution in [3.63, 3.8) is 0 Å². The number of benzene rings is 1. The maximum atomic E-state index is 11.7. The molecule has 1 saturated heterocycles. The van der Waals surface area contributed by atoms with Crippen molar-refractivity contribution in [2.24, 2.45) is 0 Å². The summed E-state index contributed by atoms with van der Waals surface area (Å²) in [5.41, 5.74) is 1.10. The summed E-state index contributed by atoms with van der Waals surface area (Å²) in [6.07, 6.45) is 0. The third-order valence-electron chi connectivity index (χ3n) is 4.12. The smallest absolute Gasteiger partial charge is 0.374 e. The fourth-order valence-corrected chi connectivity index (χ4v) is 3.22. The number of nitrogens with one attached hydrogen (secondary N) is 1. The predicted molar refractivity (Wildman–Crippen MR) is 99.4 cm³/mol. The van der Waals surface area contributed by atoms with Gasteiger partial charge in [0, 0.05) is 30.7 Å². The number of furan rings is 1. The normalized spacial score (nSPS) is 17.8. The quantitative estimate of drug-likeness (QED) is 0.796. The molecular weight excluding hydrogens is 363 g/mol. The van der Waals surface area contributed by atoms with Crippen LogP contribution < -0.4 is 5.32 Å². The second-order valence-corrected chi connectivity index (χ2v) is 6.11. The van der Waals surface area contributed by atoms with Gasteiger partial charge in [0.25, 0.3) is 0 Å². The van der Waals surface area contributed by atoms with Crippen LogP contribution >= 0.6 is 24.0 Å². The van der Waals surface area contributed by atoms with Crippen LogP contribution in [0.3, 0.4) is 0 Å².